The first-order valence-electron chi connectivity index (χ1n) is 11.0. The molecule has 0 heterocycles. The predicted octanol–water partition coefficient (Wildman–Crippen LogP) is 7.88. The Morgan fingerprint density at radius 3 is 1.77 bits per heavy atom. The van der Waals surface area contributed by atoms with Gasteiger partial charge in [-0.15, -0.1) is 0 Å². The largest absolute Gasteiger partial charge is 0.402 e. The van der Waals surface area contributed by atoms with Crippen LogP contribution in [0.1, 0.15) is 56.9 Å². The second kappa shape index (κ2) is 9.53. The molecule has 1 saturated carbocycles. The van der Waals surface area contributed by atoms with Crippen molar-refractivity contribution < 1.29 is 8.98 Å². The van der Waals surface area contributed by atoms with Crippen LogP contribution in [0.2, 0.25) is 0 Å². The zero-order valence-corrected chi connectivity index (χ0v) is 18.4. The van der Waals surface area contributed by atoms with Gasteiger partial charge in [-0.1, -0.05) is 74.7 Å². The fourth-order valence-electron chi connectivity index (χ4n) is 4.34. The van der Waals surface area contributed by atoms with Crippen LogP contribution in [-0.4, -0.2) is 5.97 Å². The van der Waals surface area contributed by atoms with Crippen LogP contribution in [0.5, 0.6) is 0 Å². The van der Waals surface area contributed by atoms with Gasteiger partial charge in [-0.3, -0.25) is 4.79 Å². The Labute approximate surface area is 181 Å². The van der Waals surface area contributed by atoms with Gasteiger partial charge in [-0.05, 0) is 71.0 Å². The van der Waals surface area contributed by atoms with Gasteiger partial charge < -0.3 is 4.18 Å². The molecule has 30 heavy (non-hydrogen) atoms. The van der Waals surface area contributed by atoms with Crippen LogP contribution in [0.25, 0.3) is 0 Å². The molecule has 0 amide bonds. The third kappa shape index (κ3) is 4.17. The number of carbonyl (C=O) groups is 1. The zero-order chi connectivity index (χ0) is 20.8. The van der Waals surface area contributed by atoms with E-state index in [1.165, 1.54) is 37.7 Å². The molecule has 156 valence electrons. The fourth-order valence-corrected chi connectivity index (χ4v) is 7.44. The molecular formula is C27H30O2S. The van der Waals surface area contributed by atoms with Gasteiger partial charge >= 0.3 is 5.97 Å². The third-order valence-corrected chi connectivity index (χ3v) is 9.19. The molecule has 0 bridgehead atoms. The topological polar surface area (TPSA) is 26.3 Å². The van der Waals surface area contributed by atoms with Crippen LogP contribution in [-0.2, 0) is 8.98 Å². The molecule has 1 fully saturated rings. The molecule has 0 radical (unpaired) electrons. The van der Waals surface area contributed by atoms with E-state index >= 15 is 0 Å². The minimum absolute atomic E-state index is 0.172. The van der Waals surface area contributed by atoms with Crippen LogP contribution in [0.3, 0.4) is 0 Å². The molecule has 0 aromatic heterocycles. The molecule has 2 nitrogen and oxygen atoms in total. The highest BCUT2D eigenvalue weighted by atomic mass is 32.3. The lowest BCUT2D eigenvalue weighted by Crippen LogP contribution is -2.13. The minimum Gasteiger partial charge on any atom is -0.402 e. The van der Waals surface area contributed by atoms with Crippen molar-refractivity contribution in [3.8, 4) is 0 Å². The molecule has 1 aliphatic carbocycles. The maximum atomic E-state index is 12.7. The van der Waals surface area contributed by atoms with Gasteiger partial charge in [-0.25, -0.2) is 0 Å². The minimum atomic E-state index is -2.14. The lowest BCUT2D eigenvalue weighted by atomic mass is 9.84. The van der Waals surface area contributed by atoms with E-state index in [-0.39, 0.29) is 5.97 Å². The van der Waals surface area contributed by atoms with Crippen molar-refractivity contribution in [1.29, 1.82) is 0 Å². The summed E-state index contributed by atoms with van der Waals surface area (Å²) in [7, 11) is -2.14. The molecule has 3 heteroatoms. The van der Waals surface area contributed by atoms with E-state index < -0.39 is 10.3 Å². The quantitative estimate of drug-likeness (QED) is 0.407. The summed E-state index contributed by atoms with van der Waals surface area (Å²) in [6.45, 7) is 1.86. The zero-order valence-electron chi connectivity index (χ0n) is 17.6. The van der Waals surface area contributed by atoms with E-state index in [0.29, 0.717) is 12.3 Å². The second-order valence-electron chi connectivity index (χ2n) is 7.90. The summed E-state index contributed by atoms with van der Waals surface area (Å²) in [5.41, 5.74) is 1.41. The highest BCUT2D eigenvalue weighted by Gasteiger charge is 2.35. The van der Waals surface area contributed by atoms with E-state index in [2.05, 4.69) is 48.5 Å². The van der Waals surface area contributed by atoms with Gasteiger partial charge in [0, 0.05) is 21.1 Å². The Kier molecular flexibility index (Phi) is 6.59. The van der Waals surface area contributed by atoms with Crippen molar-refractivity contribution in [3.05, 3.63) is 90.5 Å². The Balaban J connectivity index is 1.84. The Bertz CT molecular complexity index is 906. The van der Waals surface area contributed by atoms with Crippen LogP contribution < -0.4 is 0 Å². The molecule has 0 spiro atoms. The summed E-state index contributed by atoms with van der Waals surface area (Å²) in [4.78, 5) is 15.8. The summed E-state index contributed by atoms with van der Waals surface area (Å²) in [5.74, 6) is 0.484. The number of rotatable bonds is 6. The first-order chi connectivity index (χ1) is 14.7. The molecule has 4 rings (SSSR count). The maximum Gasteiger partial charge on any atom is 0.316 e. The smallest absolute Gasteiger partial charge is 0.316 e. The van der Waals surface area contributed by atoms with E-state index in [0.717, 1.165) is 14.7 Å². The molecule has 3 aromatic carbocycles. The van der Waals surface area contributed by atoms with Crippen LogP contribution in [0, 0.1) is 0 Å². The standard InChI is InChI=1S/C27H30O2S/c1-2-27(28)29-30(24-14-8-4-9-15-24,25-16-10-5-11-17-25)26-20-18-23(19-21-26)22-12-6-3-7-13-22/h4-5,8-11,14-22H,2-3,6-7,12-13H2,1H3. The summed E-state index contributed by atoms with van der Waals surface area (Å²) in [6, 6.07) is 29.4. The van der Waals surface area contributed by atoms with Crippen molar-refractivity contribution in [3.63, 3.8) is 0 Å². The highest BCUT2D eigenvalue weighted by molar-refractivity contribution is 8.30. The number of benzene rings is 3. The van der Waals surface area contributed by atoms with Crippen molar-refractivity contribution in [2.75, 3.05) is 0 Å². The van der Waals surface area contributed by atoms with E-state index in [4.69, 9.17) is 4.18 Å². The molecule has 0 unspecified atom stereocenters. The average Bonchev–Trinajstić information content (AvgIpc) is 2.84. The molecule has 0 saturated heterocycles. The third-order valence-electron chi connectivity index (χ3n) is 5.95. The second-order valence-corrected chi connectivity index (χ2v) is 10.6. The molecule has 0 atom stereocenters. The number of hydrogen-bond acceptors (Lipinski definition) is 2. The van der Waals surface area contributed by atoms with Crippen LogP contribution in [0.15, 0.2) is 99.6 Å². The number of carbonyl (C=O) groups excluding carboxylic acids is 1. The summed E-state index contributed by atoms with van der Waals surface area (Å²) in [5, 5.41) is 0. The molecule has 1 aliphatic rings. The average molecular weight is 419 g/mol. The summed E-state index contributed by atoms with van der Waals surface area (Å²) < 4.78 is 6.38. The van der Waals surface area contributed by atoms with Gasteiger partial charge in [0.1, 0.15) is 0 Å². The van der Waals surface area contributed by atoms with E-state index in [9.17, 15) is 4.79 Å². The van der Waals surface area contributed by atoms with Crippen molar-refractivity contribution in [2.45, 2.75) is 66.1 Å². The van der Waals surface area contributed by atoms with Gasteiger partial charge in [0.05, 0.1) is 0 Å². The molecule has 0 N–H and O–H groups in total. The van der Waals surface area contributed by atoms with Crippen molar-refractivity contribution in [1.82, 2.24) is 0 Å². The van der Waals surface area contributed by atoms with E-state index in [1.54, 1.807) is 0 Å². The number of hydrogen-bond donors (Lipinski definition) is 0. The van der Waals surface area contributed by atoms with Crippen molar-refractivity contribution in [2.24, 2.45) is 0 Å². The summed E-state index contributed by atoms with van der Waals surface area (Å²) in [6.07, 6.45) is 6.91. The lowest BCUT2D eigenvalue weighted by molar-refractivity contribution is -0.133. The first kappa shape index (κ1) is 20.7. The molecule has 3 aromatic rings. The molecule has 0 aliphatic heterocycles. The highest BCUT2D eigenvalue weighted by Crippen LogP contribution is 2.69. The van der Waals surface area contributed by atoms with Gasteiger partial charge in [0.25, 0.3) is 0 Å². The van der Waals surface area contributed by atoms with Gasteiger partial charge in [0.2, 0.25) is 0 Å². The van der Waals surface area contributed by atoms with E-state index in [1.807, 2.05) is 43.3 Å². The monoisotopic (exact) mass is 418 g/mol. The first-order valence-corrected chi connectivity index (χ1v) is 12.6. The summed E-state index contributed by atoms with van der Waals surface area (Å²) >= 11 is 0. The predicted molar refractivity (Wildman–Crippen MR) is 124 cm³/mol. The Morgan fingerprint density at radius 1 is 0.767 bits per heavy atom. The van der Waals surface area contributed by atoms with Gasteiger partial charge in [0.15, 0.2) is 0 Å². The van der Waals surface area contributed by atoms with Crippen LogP contribution in [0.4, 0.5) is 0 Å². The fraction of sp³-hybridized carbons (Fsp3) is 0.296. The van der Waals surface area contributed by atoms with Gasteiger partial charge in [-0.2, -0.15) is 0 Å². The van der Waals surface area contributed by atoms with Crippen LogP contribution >= 0.6 is 10.3 Å². The SMILES string of the molecule is CCC(=O)OS(c1ccccc1)(c1ccccc1)c1ccc(C2CCCCC2)cc1. The normalized spacial score (nSPS) is 15.5. The lowest BCUT2D eigenvalue weighted by Gasteiger charge is -2.40. The van der Waals surface area contributed by atoms with Crippen molar-refractivity contribution >= 4 is 16.3 Å². The Hall–Kier alpha value is -2.52. The maximum absolute atomic E-state index is 12.7. The Morgan fingerprint density at radius 2 is 1.27 bits per heavy atom. The molecular weight excluding hydrogens is 388 g/mol.